The predicted molar refractivity (Wildman–Crippen MR) is 160 cm³/mol. The van der Waals surface area contributed by atoms with Crippen molar-refractivity contribution < 1.29 is 18.0 Å². The van der Waals surface area contributed by atoms with Crippen LogP contribution in [0.2, 0.25) is 0 Å². The SMILES string of the molecule is C=CC(=O)N1CCC[C@@H](n2nc(-c3ccc(CNS(=O)(=O)c4cc(C)ccc4NC(C)=O)cc3)c3c(N)ncnc32)C1. The average molecular weight is 589 g/mol. The average Bonchev–Trinajstić information content (AvgIpc) is 3.38. The fourth-order valence-corrected chi connectivity index (χ4v) is 6.38. The maximum Gasteiger partial charge on any atom is 0.246 e. The van der Waals surface area contributed by atoms with E-state index in [0.717, 1.165) is 29.5 Å². The third-order valence-corrected chi connectivity index (χ3v) is 8.62. The molecule has 218 valence electrons. The summed E-state index contributed by atoms with van der Waals surface area (Å²) in [6.45, 7) is 7.88. The minimum atomic E-state index is -3.92. The number of nitrogens with two attached hydrogens (primary N) is 1. The number of nitrogen functional groups attached to an aromatic ring is 1. The van der Waals surface area contributed by atoms with Gasteiger partial charge in [-0.1, -0.05) is 36.9 Å². The smallest absolute Gasteiger partial charge is 0.246 e. The van der Waals surface area contributed by atoms with E-state index in [1.807, 2.05) is 16.8 Å². The zero-order valence-corrected chi connectivity index (χ0v) is 24.2. The number of piperidine rings is 1. The van der Waals surface area contributed by atoms with Crippen molar-refractivity contribution in [1.82, 2.24) is 29.4 Å². The van der Waals surface area contributed by atoms with Crippen molar-refractivity contribution in [2.24, 2.45) is 0 Å². The molecule has 0 bridgehead atoms. The first-order chi connectivity index (χ1) is 20.1. The molecule has 2 aromatic heterocycles. The molecule has 4 N–H and O–H groups in total. The Labute approximate surface area is 243 Å². The van der Waals surface area contributed by atoms with Crippen molar-refractivity contribution >= 4 is 44.4 Å². The zero-order valence-electron chi connectivity index (χ0n) is 23.4. The van der Waals surface area contributed by atoms with Crippen LogP contribution in [0.4, 0.5) is 11.5 Å². The van der Waals surface area contributed by atoms with Gasteiger partial charge in [-0.15, -0.1) is 0 Å². The number of nitrogens with zero attached hydrogens (tertiary/aromatic N) is 5. The first-order valence-electron chi connectivity index (χ1n) is 13.4. The van der Waals surface area contributed by atoms with Gasteiger partial charge in [0, 0.05) is 32.1 Å². The van der Waals surface area contributed by atoms with Crippen LogP contribution in [-0.2, 0) is 26.2 Å². The normalized spacial score (nSPS) is 15.5. The predicted octanol–water partition coefficient (Wildman–Crippen LogP) is 3.17. The molecule has 1 aliphatic rings. The summed E-state index contributed by atoms with van der Waals surface area (Å²) in [6, 6.07) is 12.0. The van der Waals surface area contributed by atoms with E-state index in [1.165, 1.54) is 25.4 Å². The summed E-state index contributed by atoms with van der Waals surface area (Å²) in [5.41, 5.74) is 9.90. The number of carbonyl (C=O) groups is 2. The van der Waals surface area contributed by atoms with E-state index in [1.54, 1.807) is 36.1 Å². The van der Waals surface area contributed by atoms with Crippen LogP contribution in [0, 0.1) is 6.92 Å². The fourth-order valence-electron chi connectivity index (χ4n) is 5.12. The lowest BCUT2D eigenvalue weighted by atomic mass is 10.1. The number of aryl methyl sites for hydroxylation is 1. The van der Waals surface area contributed by atoms with Crippen LogP contribution in [0.15, 0.2) is 66.3 Å². The third-order valence-electron chi connectivity index (χ3n) is 7.18. The Hall–Kier alpha value is -4.62. The maximum absolute atomic E-state index is 13.1. The van der Waals surface area contributed by atoms with Crippen LogP contribution in [0.5, 0.6) is 0 Å². The van der Waals surface area contributed by atoms with Gasteiger partial charge in [0.15, 0.2) is 5.65 Å². The van der Waals surface area contributed by atoms with Crippen molar-refractivity contribution in [2.75, 3.05) is 24.1 Å². The summed E-state index contributed by atoms with van der Waals surface area (Å²) in [5, 5.41) is 8.07. The standard InChI is InChI=1S/C29H32N8O4S/c1-4-25(39)36-13-5-6-22(16-36)37-29-26(28(30)31-17-32-29)27(35-37)21-10-8-20(9-11-21)15-33-42(40,41)24-14-18(2)7-12-23(24)34-19(3)38/h4,7-12,14,17,22,33H,1,5-6,13,15-16H2,2-3H3,(H,34,38)(H2,30,31,32)/t22-/m1/s1. The van der Waals surface area contributed by atoms with Gasteiger partial charge in [-0.3, -0.25) is 9.59 Å². The molecule has 5 rings (SSSR count). The number of carbonyl (C=O) groups excluding carboxylic acids is 2. The molecule has 1 aliphatic heterocycles. The Bertz CT molecular complexity index is 1780. The molecular weight excluding hydrogens is 556 g/mol. The molecule has 0 spiro atoms. The van der Waals surface area contributed by atoms with Gasteiger partial charge >= 0.3 is 0 Å². The van der Waals surface area contributed by atoms with Crippen LogP contribution in [-0.4, -0.2) is 58.0 Å². The number of anilines is 2. The van der Waals surface area contributed by atoms with Crippen molar-refractivity contribution in [1.29, 1.82) is 0 Å². The molecular formula is C29H32N8O4S. The zero-order chi connectivity index (χ0) is 30.0. The first-order valence-corrected chi connectivity index (χ1v) is 14.9. The molecule has 42 heavy (non-hydrogen) atoms. The maximum atomic E-state index is 13.1. The lowest BCUT2D eigenvalue weighted by Gasteiger charge is -2.32. The molecule has 3 heterocycles. The molecule has 2 aromatic carbocycles. The Kier molecular flexibility index (Phi) is 8.05. The van der Waals surface area contributed by atoms with Gasteiger partial charge in [0.2, 0.25) is 21.8 Å². The van der Waals surface area contributed by atoms with E-state index in [2.05, 4.69) is 26.6 Å². The van der Waals surface area contributed by atoms with E-state index in [0.29, 0.717) is 35.6 Å². The second-order valence-electron chi connectivity index (χ2n) is 10.2. The number of sulfonamides is 1. The van der Waals surface area contributed by atoms with Gasteiger partial charge in [0.25, 0.3) is 0 Å². The Morgan fingerprint density at radius 2 is 1.93 bits per heavy atom. The summed E-state index contributed by atoms with van der Waals surface area (Å²) >= 11 is 0. The van der Waals surface area contributed by atoms with Gasteiger partial charge in [-0.05, 0) is 49.1 Å². The molecule has 2 amide bonds. The van der Waals surface area contributed by atoms with Crippen LogP contribution >= 0.6 is 0 Å². The van der Waals surface area contributed by atoms with Gasteiger partial charge in [-0.25, -0.2) is 27.8 Å². The molecule has 0 saturated carbocycles. The van der Waals surface area contributed by atoms with Gasteiger partial charge < -0.3 is 16.0 Å². The van der Waals surface area contributed by atoms with Gasteiger partial charge in [-0.2, -0.15) is 5.10 Å². The fraction of sp³-hybridized carbons (Fsp3) is 0.276. The number of hydrogen-bond acceptors (Lipinski definition) is 8. The van der Waals surface area contributed by atoms with Crippen LogP contribution in [0.1, 0.15) is 36.9 Å². The van der Waals surface area contributed by atoms with Crippen molar-refractivity contribution in [3.8, 4) is 11.3 Å². The quantitative estimate of drug-likeness (QED) is 0.264. The van der Waals surface area contributed by atoms with Gasteiger partial charge in [0.05, 0.1) is 17.1 Å². The first kappa shape index (κ1) is 28.9. The highest BCUT2D eigenvalue weighted by Gasteiger charge is 2.28. The minimum Gasteiger partial charge on any atom is -0.383 e. The van der Waals surface area contributed by atoms with Crippen molar-refractivity contribution in [3.63, 3.8) is 0 Å². The lowest BCUT2D eigenvalue weighted by Crippen LogP contribution is -2.40. The molecule has 0 aliphatic carbocycles. The van der Waals surface area contributed by atoms with Crippen molar-refractivity contribution in [2.45, 2.75) is 44.2 Å². The summed E-state index contributed by atoms with van der Waals surface area (Å²) in [5.74, 6) is -0.190. The number of hydrogen-bond donors (Lipinski definition) is 3. The van der Waals surface area contributed by atoms with Crippen molar-refractivity contribution in [3.05, 3.63) is 72.6 Å². The highest BCUT2D eigenvalue weighted by molar-refractivity contribution is 7.89. The topological polar surface area (TPSA) is 165 Å². The Balaban J connectivity index is 1.40. The highest BCUT2D eigenvalue weighted by atomic mass is 32.2. The summed E-state index contributed by atoms with van der Waals surface area (Å²) in [7, 11) is -3.92. The summed E-state index contributed by atoms with van der Waals surface area (Å²) in [4.78, 5) is 34.2. The molecule has 4 aromatic rings. The molecule has 0 unspecified atom stereocenters. The van der Waals surface area contributed by atoms with E-state index in [-0.39, 0.29) is 35.0 Å². The Morgan fingerprint density at radius 3 is 2.64 bits per heavy atom. The Morgan fingerprint density at radius 1 is 1.17 bits per heavy atom. The molecule has 1 atom stereocenters. The van der Waals surface area contributed by atoms with E-state index in [9.17, 15) is 18.0 Å². The highest BCUT2D eigenvalue weighted by Crippen LogP contribution is 2.34. The largest absolute Gasteiger partial charge is 0.383 e. The van der Waals surface area contributed by atoms with E-state index >= 15 is 0 Å². The number of benzene rings is 2. The van der Waals surface area contributed by atoms with Crippen LogP contribution in [0.25, 0.3) is 22.3 Å². The third kappa shape index (κ3) is 5.87. The molecule has 1 saturated heterocycles. The monoisotopic (exact) mass is 588 g/mol. The molecule has 12 nitrogen and oxygen atoms in total. The number of amides is 2. The van der Waals surface area contributed by atoms with E-state index in [4.69, 9.17) is 10.8 Å². The number of fused-ring (bicyclic) bond motifs is 1. The number of rotatable bonds is 8. The van der Waals surface area contributed by atoms with Crippen LogP contribution < -0.4 is 15.8 Å². The summed E-state index contributed by atoms with van der Waals surface area (Å²) < 4.78 is 30.7. The molecule has 13 heteroatoms. The molecule has 0 radical (unpaired) electrons. The number of aromatic nitrogens is 4. The van der Waals surface area contributed by atoms with Crippen LogP contribution in [0.3, 0.4) is 0 Å². The number of likely N-dealkylation sites (tertiary alicyclic amines) is 1. The summed E-state index contributed by atoms with van der Waals surface area (Å²) in [6.07, 6.45) is 4.36. The minimum absolute atomic E-state index is 0.00197. The van der Waals surface area contributed by atoms with Gasteiger partial charge in [0.1, 0.15) is 22.7 Å². The second-order valence-corrected chi connectivity index (χ2v) is 12.0. The lowest BCUT2D eigenvalue weighted by molar-refractivity contribution is -0.127. The number of nitrogens with one attached hydrogen (secondary N) is 2. The van der Waals surface area contributed by atoms with E-state index < -0.39 is 10.0 Å². The second kappa shape index (κ2) is 11.7. The molecule has 1 fully saturated rings.